The summed E-state index contributed by atoms with van der Waals surface area (Å²) in [4.78, 5) is 11.8. The zero-order chi connectivity index (χ0) is 15.4. The molecule has 0 unspecified atom stereocenters. The molecule has 0 atom stereocenters. The molecule has 0 spiro atoms. The molecular weight excluding hydrogens is 283 g/mol. The van der Waals surface area contributed by atoms with Gasteiger partial charge in [0.25, 0.3) is 0 Å². The highest BCUT2D eigenvalue weighted by atomic mass is 19.1. The second-order valence-corrected chi connectivity index (χ2v) is 5.14. The van der Waals surface area contributed by atoms with Gasteiger partial charge >= 0.3 is 6.03 Å². The van der Waals surface area contributed by atoms with E-state index in [1.165, 1.54) is 6.07 Å². The first-order valence-corrected chi connectivity index (χ1v) is 7.26. The molecule has 1 aliphatic rings. The van der Waals surface area contributed by atoms with Crippen molar-refractivity contribution < 1.29 is 13.9 Å². The number of carbonyl (C=O) groups is 1. The fourth-order valence-corrected chi connectivity index (χ4v) is 2.45. The number of halogens is 1. The number of hydrogen-bond acceptors (Lipinski definition) is 2. The molecule has 0 aromatic heterocycles. The summed E-state index contributed by atoms with van der Waals surface area (Å²) in [6, 6.07) is 11.9. The van der Waals surface area contributed by atoms with Crippen molar-refractivity contribution in [1.82, 2.24) is 5.32 Å². The van der Waals surface area contributed by atoms with Crippen molar-refractivity contribution in [3.63, 3.8) is 0 Å². The lowest BCUT2D eigenvalue weighted by Gasteiger charge is -2.09. The van der Waals surface area contributed by atoms with Crippen LogP contribution in [0.5, 0.6) is 5.75 Å². The van der Waals surface area contributed by atoms with Crippen LogP contribution in [0.15, 0.2) is 42.5 Å². The highest BCUT2D eigenvalue weighted by molar-refractivity contribution is 5.89. The summed E-state index contributed by atoms with van der Waals surface area (Å²) in [6.45, 7) is 1.06. The van der Waals surface area contributed by atoms with Crippen molar-refractivity contribution in [1.29, 1.82) is 0 Å². The van der Waals surface area contributed by atoms with Crippen LogP contribution in [-0.4, -0.2) is 19.2 Å². The lowest BCUT2D eigenvalue weighted by molar-refractivity contribution is 0.252. The Morgan fingerprint density at radius 3 is 2.95 bits per heavy atom. The highest BCUT2D eigenvalue weighted by Gasteiger charge is 2.12. The van der Waals surface area contributed by atoms with E-state index in [-0.39, 0.29) is 11.8 Å². The minimum absolute atomic E-state index is 0.247. The van der Waals surface area contributed by atoms with Crippen LogP contribution in [0.2, 0.25) is 0 Å². The number of amides is 2. The fraction of sp³-hybridized carbons (Fsp3) is 0.235. The summed E-state index contributed by atoms with van der Waals surface area (Å²) in [5.41, 5.74) is 2.43. The van der Waals surface area contributed by atoms with Gasteiger partial charge in [0.15, 0.2) is 0 Å². The number of nitrogens with one attached hydrogen (secondary N) is 2. The predicted molar refractivity (Wildman–Crippen MR) is 82.8 cm³/mol. The maximum atomic E-state index is 13.4. The number of carbonyl (C=O) groups excluding carboxylic acids is 1. The van der Waals surface area contributed by atoms with Gasteiger partial charge in [-0.3, -0.25) is 0 Å². The van der Waals surface area contributed by atoms with Crippen molar-refractivity contribution in [2.75, 3.05) is 18.5 Å². The molecule has 2 amide bonds. The van der Waals surface area contributed by atoms with Gasteiger partial charge in [0.2, 0.25) is 0 Å². The largest absolute Gasteiger partial charge is 0.493 e. The van der Waals surface area contributed by atoms with Crippen molar-refractivity contribution >= 4 is 11.7 Å². The molecule has 114 valence electrons. The van der Waals surface area contributed by atoms with Crippen molar-refractivity contribution in [2.24, 2.45) is 0 Å². The number of benzene rings is 2. The zero-order valence-electron chi connectivity index (χ0n) is 12.1. The van der Waals surface area contributed by atoms with Gasteiger partial charge in [-0.1, -0.05) is 18.2 Å². The Morgan fingerprint density at radius 1 is 1.23 bits per heavy atom. The quantitative estimate of drug-likeness (QED) is 0.911. The topological polar surface area (TPSA) is 50.4 Å². The summed E-state index contributed by atoms with van der Waals surface area (Å²) >= 11 is 0. The molecule has 22 heavy (non-hydrogen) atoms. The molecule has 0 fully saturated rings. The fourth-order valence-electron chi connectivity index (χ4n) is 2.45. The van der Waals surface area contributed by atoms with Crippen LogP contribution in [0.1, 0.15) is 11.1 Å². The molecule has 1 aliphatic heterocycles. The SMILES string of the molecule is O=C(NCCc1ccccc1F)Nc1ccc2c(c1)CCO2. The summed E-state index contributed by atoms with van der Waals surface area (Å²) in [5, 5.41) is 5.50. The Bertz CT molecular complexity index is 688. The van der Waals surface area contributed by atoms with E-state index in [0.717, 1.165) is 23.4 Å². The van der Waals surface area contributed by atoms with Crippen LogP contribution in [0.4, 0.5) is 14.9 Å². The van der Waals surface area contributed by atoms with Crippen LogP contribution < -0.4 is 15.4 Å². The van der Waals surface area contributed by atoms with E-state index < -0.39 is 0 Å². The van der Waals surface area contributed by atoms with E-state index in [9.17, 15) is 9.18 Å². The number of hydrogen-bond donors (Lipinski definition) is 2. The van der Waals surface area contributed by atoms with Crippen LogP contribution in [-0.2, 0) is 12.8 Å². The first kappa shape index (κ1) is 14.4. The molecular formula is C17H17FN2O2. The summed E-state index contributed by atoms with van der Waals surface area (Å²) in [5.74, 6) is 0.633. The Hall–Kier alpha value is -2.56. The molecule has 2 N–H and O–H groups in total. The molecule has 0 saturated carbocycles. The number of fused-ring (bicyclic) bond motifs is 1. The Morgan fingerprint density at radius 2 is 2.09 bits per heavy atom. The van der Waals surface area contributed by atoms with Crippen LogP contribution in [0.25, 0.3) is 0 Å². The van der Waals surface area contributed by atoms with Crippen LogP contribution in [0.3, 0.4) is 0 Å². The van der Waals surface area contributed by atoms with E-state index >= 15 is 0 Å². The Labute approximate surface area is 128 Å². The number of rotatable bonds is 4. The van der Waals surface area contributed by atoms with Gasteiger partial charge in [0, 0.05) is 18.7 Å². The van der Waals surface area contributed by atoms with Crippen LogP contribution >= 0.6 is 0 Å². The maximum Gasteiger partial charge on any atom is 0.319 e. The lowest BCUT2D eigenvalue weighted by Crippen LogP contribution is -2.30. The zero-order valence-corrected chi connectivity index (χ0v) is 12.1. The molecule has 0 saturated heterocycles. The minimum atomic E-state index is -0.296. The average Bonchev–Trinajstić information content (AvgIpc) is 2.97. The normalized spacial score (nSPS) is 12.4. The molecule has 0 aliphatic carbocycles. The van der Waals surface area contributed by atoms with E-state index in [1.807, 2.05) is 12.1 Å². The van der Waals surface area contributed by atoms with Gasteiger partial charge < -0.3 is 15.4 Å². The number of urea groups is 1. The van der Waals surface area contributed by atoms with E-state index in [4.69, 9.17) is 4.74 Å². The van der Waals surface area contributed by atoms with Crippen LogP contribution in [0, 0.1) is 5.82 Å². The highest BCUT2D eigenvalue weighted by Crippen LogP contribution is 2.27. The molecule has 1 heterocycles. The van der Waals surface area contributed by atoms with Gasteiger partial charge in [-0.2, -0.15) is 0 Å². The summed E-state index contributed by atoms with van der Waals surface area (Å²) in [6.07, 6.45) is 1.32. The van der Waals surface area contributed by atoms with Crippen molar-refractivity contribution in [3.05, 3.63) is 59.4 Å². The first-order chi connectivity index (χ1) is 10.7. The summed E-state index contributed by atoms with van der Waals surface area (Å²) in [7, 11) is 0. The molecule has 4 nitrogen and oxygen atoms in total. The monoisotopic (exact) mass is 300 g/mol. The molecule has 0 radical (unpaired) electrons. The molecule has 0 bridgehead atoms. The Kier molecular flexibility index (Phi) is 4.23. The third-order valence-electron chi connectivity index (χ3n) is 3.59. The lowest BCUT2D eigenvalue weighted by atomic mass is 10.1. The predicted octanol–water partition coefficient (Wildman–Crippen LogP) is 3.12. The van der Waals surface area contributed by atoms with Gasteiger partial charge in [-0.25, -0.2) is 9.18 Å². The third kappa shape index (κ3) is 3.36. The molecule has 3 rings (SSSR count). The number of anilines is 1. The smallest absolute Gasteiger partial charge is 0.319 e. The number of ether oxygens (including phenoxy) is 1. The van der Waals surface area contributed by atoms with Gasteiger partial charge in [-0.15, -0.1) is 0 Å². The van der Waals surface area contributed by atoms with E-state index in [2.05, 4.69) is 10.6 Å². The van der Waals surface area contributed by atoms with E-state index in [0.29, 0.717) is 25.1 Å². The second kappa shape index (κ2) is 6.47. The van der Waals surface area contributed by atoms with Gasteiger partial charge in [-0.05, 0) is 41.8 Å². The van der Waals surface area contributed by atoms with Crippen molar-refractivity contribution in [3.8, 4) is 5.75 Å². The molecule has 5 heteroatoms. The standard InChI is InChI=1S/C17H17FN2O2/c18-15-4-2-1-3-12(15)7-9-19-17(21)20-14-5-6-16-13(11-14)8-10-22-16/h1-6,11H,7-10H2,(H2,19,20,21). The Balaban J connectivity index is 1.49. The average molecular weight is 300 g/mol. The maximum absolute atomic E-state index is 13.4. The third-order valence-corrected chi connectivity index (χ3v) is 3.59. The van der Waals surface area contributed by atoms with Gasteiger partial charge in [0.05, 0.1) is 6.61 Å². The molecule has 2 aromatic carbocycles. The molecule has 2 aromatic rings. The van der Waals surface area contributed by atoms with Gasteiger partial charge in [0.1, 0.15) is 11.6 Å². The second-order valence-electron chi connectivity index (χ2n) is 5.14. The summed E-state index contributed by atoms with van der Waals surface area (Å²) < 4.78 is 18.9. The first-order valence-electron chi connectivity index (χ1n) is 7.26. The van der Waals surface area contributed by atoms with E-state index in [1.54, 1.807) is 24.3 Å². The van der Waals surface area contributed by atoms with Crippen molar-refractivity contribution in [2.45, 2.75) is 12.8 Å². The minimum Gasteiger partial charge on any atom is -0.493 e.